The normalized spacial score (nSPS) is 26.0. The maximum absolute atomic E-state index is 12.7. The van der Waals surface area contributed by atoms with E-state index in [1.165, 1.54) is 4.90 Å². The molecule has 3 aliphatic heterocycles. The summed E-state index contributed by atoms with van der Waals surface area (Å²) in [5, 5.41) is 4.61. The van der Waals surface area contributed by atoms with E-state index in [-0.39, 0.29) is 5.91 Å². The zero-order valence-electron chi connectivity index (χ0n) is 10.8. The molecule has 0 radical (unpaired) electrons. The molecule has 0 aliphatic carbocycles. The highest BCUT2D eigenvalue weighted by Gasteiger charge is 2.46. The van der Waals surface area contributed by atoms with Gasteiger partial charge in [-0.25, -0.2) is 4.99 Å². The molecule has 2 atom stereocenters. The van der Waals surface area contributed by atoms with E-state index < -0.39 is 12.0 Å². The highest BCUT2D eigenvalue weighted by molar-refractivity contribution is 6.30. The molecule has 0 bridgehead atoms. The lowest BCUT2D eigenvalue weighted by Crippen LogP contribution is -2.45. The van der Waals surface area contributed by atoms with Gasteiger partial charge in [0.2, 0.25) is 5.91 Å². The molecule has 1 aromatic rings. The number of fused-ring (bicyclic) bond motifs is 2. The fourth-order valence-corrected chi connectivity index (χ4v) is 2.70. The number of halogens is 1. The lowest BCUT2D eigenvalue weighted by atomic mass is 9.92. The van der Waals surface area contributed by atoms with Gasteiger partial charge in [0.1, 0.15) is 11.8 Å². The Morgan fingerprint density at radius 1 is 1.19 bits per heavy atom. The number of nitrogens with zero attached hydrogens (tertiary/aromatic N) is 3. The molecule has 0 fully saturated rings. The Hall–Kier alpha value is -2.40. The van der Waals surface area contributed by atoms with Gasteiger partial charge in [0, 0.05) is 11.2 Å². The third kappa shape index (κ3) is 1.89. The molecule has 3 aliphatic rings. The van der Waals surface area contributed by atoms with Crippen molar-refractivity contribution < 1.29 is 9.63 Å². The largest absolute Gasteiger partial charge is 0.385 e. The summed E-state index contributed by atoms with van der Waals surface area (Å²) in [5.41, 5.74) is 0.853. The number of rotatable bonds is 1. The summed E-state index contributed by atoms with van der Waals surface area (Å²) in [7, 11) is 0. The van der Waals surface area contributed by atoms with Gasteiger partial charge in [0.05, 0.1) is 0 Å². The first-order valence-electron chi connectivity index (χ1n) is 6.50. The maximum atomic E-state index is 12.7. The van der Waals surface area contributed by atoms with E-state index >= 15 is 0 Å². The van der Waals surface area contributed by atoms with Crippen molar-refractivity contribution in [1.82, 2.24) is 4.90 Å². The van der Waals surface area contributed by atoms with Crippen LogP contribution in [0.15, 0.2) is 58.8 Å². The molecule has 1 amide bonds. The number of carbonyl (C=O) groups is 1. The van der Waals surface area contributed by atoms with E-state index in [0.717, 1.165) is 5.56 Å². The van der Waals surface area contributed by atoms with Crippen molar-refractivity contribution in [3.8, 4) is 0 Å². The minimum atomic E-state index is -0.522. The molecule has 1 aromatic carbocycles. The molecular weight excluding hydrogens is 290 g/mol. The lowest BCUT2D eigenvalue weighted by molar-refractivity contribution is -0.130. The van der Waals surface area contributed by atoms with Crippen LogP contribution in [-0.2, 0) is 9.63 Å². The monoisotopic (exact) mass is 299 g/mol. The predicted molar refractivity (Wildman–Crippen MR) is 78.8 cm³/mol. The fraction of sp³-hybridized carbons (Fsp3) is 0.133. The van der Waals surface area contributed by atoms with Crippen LogP contribution in [0.25, 0.3) is 0 Å². The number of amidine groups is 2. The molecule has 0 saturated heterocycles. The fourth-order valence-electron chi connectivity index (χ4n) is 2.58. The first kappa shape index (κ1) is 12.3. The smallest absolute Gasteiger partial charge is 0.247 e. The number of oxime groups is 1. The van der Waals surface area contributed by atoms with E-state index in [0.29, 0.717) is 16.7 Å². The molecule has 2 unspecified atom stereocenters. The molecule has 5 nitrogen and oxygen atoms in total. The standard InChI is InChI=1S/C15H10ClN3O2/c16-10-6-4-9(5-7-10)13-12-14(18-21-13)17-11-3-1-2-8-19(11)15(12)20/h1-8,12-13H. The van der Waals surface area contributed by atoms with Crippen molar-refractivity contribution in [2.75, 3.05) is 0 Å². The first-order chi connectivity index (χ1) is 10.2. The Labute approximate surface area is 125 Å². The molecule has 0 N–H and O–H groups in total. The molecule has 4 rings (SSSR count). The summed E-state index contributed by atoms with van der Waals surface area (Å²) < 4.78 is 0. The quantitative estimate of drug-likeness (QED) is 0.800. The van der Waals surface area contributed by atoms with Crippen LogP contribution in [0.3, 0.4) is 0 Å². The Morgan fingerprint density at radius 3 is 2.81 bits per heavy atom. The van der Waals surface area contributed by atoms with Crippen molar-refractivity contribution in [3.05, 3.63) is 59.3 Å². The summed E-state index contributed by atoms with van der Waals surface area (Å²) in [6, 6.07) is 7.21. The lowest BCUT2D eigenvalue weighted by Gasteiger charge is -2.29. The zero-order valence-corrected chi connectivity index (χ0v) is 11.6. The number of hydrogen-bond acceptors (Lipinski definition) is 4. The molecule has 6 heteroatoms. The second kappa shape index (κ2) is 4.56. The Balaban J connectivity index is 1.72. The van der Waals surface area contributed by atoms with Crippen LogP contribution in [-0.4, -0.2) is 22.5 Å². The SMILES string of the molecule is O=C1C2C(=NOC2c2ccc(Cl)cc2)N=C2C=CC=CN12. The van der Waals surface area contributed by atoms with Crippen molar-refractivity contribution in [2.24, 2.45) is 16.1 Å². The average molecular weight is 300 g/mol. The van der Waals surface area contributed by atoms with Gasteiger partial charge in [-0.05, 0) is 29.8 Å². The van der Waals surface area contributed by atoms with Crippen molar-refractivity contribution in [3.63, 3.8) is 0 Å². The van der Waals surface area contributed by atoms with Crippen molar-refractivity contribution in [2.45, 2.75) is 6.10 Å². The van der Waals surface area contributed by atoms with Crippen molar-refractivity contribution >= 4 is 29.2 Å². The van der Waals surface area contributed by atoms with Gasteiger partial charge in [-0.2, -0.15) is 0 Å². The Kier molecular flexibility index (Phi) is 2.68. The number of amides is 1. The van der Waals surface area contributed by atoms with Crippen LogP contribution in [0.4, 0.5) is 0 Å². The summed E-state index contributed by atoms with van der Waals surface area (Å²) in [4.78, 5) is 24.0. The van der Waals surface area contributed by atoms with Gasteiger partial charge in [-0.15, -0.1) is 0 Å². The summed E-state index contributed by atoms with van der Waals surface area (Å²) in [6.45, 7) is 0. The van der Waals surface area contributed by atoms with Crippen LogP contribution in [0.5, 0.6) is 0 Å². The van der Waals surface area contributed by atoms with Crippen LogP contribution >= 0.6 is 11.6 Å². The number of carbonyl (C=O) groups excluding carboxylic acids is 1. The van der Waals surface area contributed by atoms with Gasteiger partial charge in [0.25, 0.3) is 0 Å². The molecule has 0 saturated carbocycles. The highest BCUT2D eigenvalue weighted by Crippen LogP contribution is 2.37. The average Bonchev–Trinajstić information content (AvgIpc) is 2.92. The second-order valence-corrected chi connectivity index (χ2v) is 5.32. The minimum absolute atomic E-state index is 0.0863. The second-order valence-electron chi connectivity index (χ2n) is 4.88. The Bertz CT molecular complexity index is 734. The third-order valence-corrected chi connectivity index (χ3v) is 3.86. The van der Waals surface area contributed by atoms with E-state index in [4.69, 9.17) is 16.4 Å². The molecule has 21 heavy (non-hydrogen) atoms. The van der Waals surface area contributed by atoms with Crippen LogP contribution in [0.1, 0.15) is 11.7 Å². The number of hydrogen-bond donors (Lipinski definition) is 0. The maximum Gasteiger partial charge on any atom is 0.247 e. The summed E-state index contributed by atoms with van der Waals surface area (Å²) >= 11 is 5.89. The van der Waals surface area contributed by atoms with E-state index in [1.807, 2.05) is 18.2 Å². The van der Waals surface area contributed by atoms with E-state index in [9.17, 15) is 4.79 Å². The predicted octanol–water partition coefficient (Wildman–Crippen LogP) is 2.67. The number of allylic oxidation sites excluding steroid dienone is 2. The molecular formula is C15H10ClN3O2. The van der Waals surface area contributed by atoms with Crippen LogP contribution in [0.2, 0.25) is 5.02 Å². The van der Waals surface area contributed by atoms with Crippen LogP contribution in [0, 0.1) is 5.92 Å². The summed E-state index contributed by atoms with van der Waals surface area (Å²) in [5.74, 6) is 0.381. The topological polar surface area (TPSA) is 54.3 Å². The van der Waals surface area contributed by atoms with Gasteiger partial charge in [-0.3, -0.25) is 9.69 Å². The third-order valence-electron chi connectivity index (χ3n) is 3.61. The van der Waals surface area contributed by atoms with Gasteiger partial charge >= 0.3 is 0 Å². The Morgan fingerprint density at radius 2 is 2.00 bits per heavy atom. The molecule has 3 heterocycles. The minimum Gasteiger partial charge on any atom is -0.385 e. The molecule has 0 aromatic heterocycles. The molecule has 0 spiro atoms. The van der Waals surface area contributed by atoms with E-state index in [1.54, 1.807) is 30.5 Å². The molecule has 104 valence electrons. The van der Waals surface area contributed by atoms with Gasteiger partial charge in [0.15, 0.2) is 11.9 Å². The van der Waals surface area contributed by atoms with Gasteiger partial charge < -0.3 is 4.84 Å². The van der Waals surface area contributed by atoms with Crippen LogP contribution < -0.4 is 0 Å². The number of benzene rings is 1. The first-order valence-corrected chi connectivity index (χ1v) is 6.87. The van der Waals surface area contributed by atoms with E-state index in [2.05, 4.69) is 10.1 Å². The summed E-state index contributed by atoms with van der Waals surface area (Å²) in [6.07, 6.45) is 6.64. The zero-order chi connectivity index (χ0) is 14.4. The number of aliphatic imine (C=N–C) groups is 1. The highest BCUT2D eigenvalue weighted by atomic mass is 35.5. The van der Waals surface area contributed by atoms with Crippen molar-refractivity contribution in [1.29, 1.82) is 0 Å². The van der Waals surface area contributed by atoms with Gasteiger partial charge in [-0.1, -0.05) is 35.0 Å².